The van der Waals surface area contributed by atoms with Crippen LogP contribution in [0.4, 0.5) is 5.69 Å². The molecule has 0 aliphatic carbocycles. The second-order valence-corrected chi connectivity index (χ2v) is 5.66. The van der Waals surface area contributed by atoms with Gasteiger partial charge < -0.3 is 15.5 Å². The van der Waals surface area contributed by atoms with Gasteiger partial charge >= 0.3 is 0 Å². The molecule has 2 rings (SSSR count). The van der Waals surface area contributed by atoms with Crippen LogP contribution < -0.4 is 20.9 Å². The fraction of sp³-hybridized carbons (Fsp3) is 0.118. The highest BCUT2D eigenvalue weighted by Crippen LogP contribution is 2.14. The second kappa shape index (κ2) is 8.41. The first-order valence-electron chi connectivity index (χ1n) is 6.98. The largest absolute Gasteiger partial charge is 0.497 e. The zero-order valence-corrected chi connectivity index (χ0v) is 14.5. The van der Waals surface area contributed by atoms with Gasteiger partial charge in [-0.25, -0.2) is 0 Å². The SMILES string of the molecule is COc1ccc(/C=C(/C)NNC(=S)Nc2ccc(Cl)cc2)cc1. The Morgan fingerprint density at radius 3 is 2.30 bits per heavy atom. The standard InChI is InChI=1S/C17H18ClN3OS/c1-12(11-13-3-9-16(22-2)10-4-13)20-21-17(23)19-15-7-5-14(18)6-8-15/h3-11,20H,1-2H3,(H2,19,21,23)/b12-11-. The summed E-state index contributed by atoms with van der Waals surface area (Å²) in [5, 5.41) is 4.21. The topological polar surface area (TPSA) is 45.3 Å². The molecule has 0 heterocycles. The summed E-state index contributed by atoms with van der Waals surface area (Å²) in [5.74, 6) is 0.833. The average Bonchev–Trinajstić information content (AvgIpc) is 2.56. The van der Waals surface area contributed by atoms with Crippen molar-refractivity contribution in [2.24, 2.45) is 0 Å². The van der Waals surface area contributed by atoms with Crippen LogP contribution in [0.3, 0.4) is 0 Å². The summed E-state index contributed by atoms with van der Waals surface area (Å²) in [7, 11) is 1.65. The highest BCUT2D eigenvalue weighted by atomic mass is 35.5. The molecule has 3 N–H and O–H groups in total. The maximum absolute atomic E-state index is 5.84. The van der Waals surface area contributed by atoms with Crippen LogP contribution in [-0.4, -0.2) is 12.2 Å². The van der Waals surface area contributed by atoms with E-state index in [1.807, 2.05) is 49.4 Å². The molecule has 6 heteroatoms. The lowest BCUT2D eigenvalue weighted by molar-refractivity contribution is 0.415. The molecule has 0 bridgehead atoms. The van der Waals surface area contributed by atoms with Gasteiger partial charge in [0.25, 0.3) is 0 Å². The number of thiocarbonyl (C=S) groups is 1. The second-order valence-electron chi connectivity index (χ2n) is 4.81. The molecule has 0 spiro atoms. The molecule has 0 atom stereocenters. The van der Waals surface area contributed by atoms with Gasteiger partial charge in [0.1, 0.15) is 5.75 Å². The Morgan fingerprint density at radius 2 is 1.70 bits per heavy atom. The smallest absolute Gasteiger partial charge is 0.189 e. The Hall–Kier alpha value is -2.24. The Balaban J connectivity index is 1.84. The van der Waals surface area contributed by atoms with Crippen LogP contribution in [-0.2, 0) is 0 Å². The van der Waals surface area contributed by atoms with E-state index in [0.29, 0.717) is 10.1 Å². The monoisotopic (exact) mass is 347 g/mol. The molecule has 0 unspecified atom stereocenters. The van der Waals surface area contributed by atoms with Gasteiger partial charge in [-0.2, -0.15) is 0 Å². The van der Waals surface area contributed by atoms with E-state index in [1.165, 1.54) is 0 Å². The third-order valence-corrected chi connectivity index (χ3v) is 3.43. The first-order valence-corrected chi connectivity index (χ1v) is 7.76. The van der Waals surface area contributed by atoms with E-state index in [0.717, 1.165) is 22.7 Å². The molecular weight excluding hydrogens is 330 g/mol. The van der Waals surface area contributed by atoms with Gasteiger partial charge in [0.2, 0.25) is 0 Å². The number of hydrogen-bond donors (Lipinski definition) is 3. The van der Waals surface area contributed by atoms with E-state index in [2.05, 4.69) is 16.2 Å². The number of halogens is 1. The Kier molecular flexibility index (Phi) is 6.26. The number of hydrazine groups is 1. The van der Waals surface area contributed by atoms with Crippen molar-refractivity contribution < 1.29 is 4.74 Å². The van der Waals surface area contributed by atoms with Gasteiger partial charge in [-0.1, -0.05) is 23.7 Å². The summed E-state index contributed by atoms with van der Waals surface area (Å²) in [5.41, 5.74) is 8.83. The molecule has 23 heavy (non-hydrogen) atoms. The predicted octanol–water partition coefficient (Wildman–Crippen LogP) is 4.20. The number of allylic oxidation sites excluding steroid dienone is 1. The van der Waals surface area contributed by atoms with Gasteiger partial charge in [-0.3, -0.25) is 5.43 Å². The summed E-state index contributed by atoms with van der Waals surface area (Å²) in [6.07, 6.45) is 2.00. The van der Waals surface area contributed by atoms with Crippen LogP contribution >= 0.6 is 23.8 Å². The number of rotatable bonds is 5. The number of ether oxygens (including phenoxy) is 1. The summed E-state index contributed by atoms with van der Waals surface area (Å²) in [4.78, 5) is 0. The van der Waals surface area contributed by atoms with Gasteiger partial charge in [-0.15, -0.1) is 0 Å². The van der Waals surface area contributed by atoms with Gasteiger partial charge in [0.05, 0.1) is 7.11 Å². The zero-order chi connectivity index (χ0) is 16.7. The van der Waals surface area contributed by atoms with Crippen molar-refractivity contribution in [1.29, 1.82) is 0 Å². The van der Waals surface area contributed by atoms with Gasteiger partial charge in [-0.05, 0) is 67.2 Å². The van der Waals surface area contributed by atoms with E-state index < -0.39 is 0 Å². The molecule has 2 aromatic carbocycles. The number of benzene rings is 2. The number of anilines is 1. The molecule has 0 saturated heterocycles. The van der Waals surface area contributed by atoms with Crippen molar-refractivity contribution in [2.75, 3.05) is 12.4 Å². The van der Waals surface area contributed by atoms with Crippen molar-refractivity contribution in [1.82, 2.24) is 10.9 Å². The minimum atomic E-state index is 0.467. The maximum Gasteiger partial charge on any atom is 0.189 e. The van der Waals surface area contributed by atoms with Crippen LogP contribution in [0.25, 0.3) is 6.08 Å². The fourth-order valence-corrected chi connectivity index (χ4v) is 2.13. The fourth-order valence-electron chi connectivity index (χ4n) is 1.84. The van der Waals surface area contributed by atoms with Gasteiger partial charge in [0.15, 0.2) is 5.11 Å². The third kappa shape index (κ3) is 5.81. The first kappa shape index (κ1) is 17.1. The average molecular weight is 348 g/mol. The molecule has 0 fully saturated rings. The van der Waals surface area contributed by atoms with E-state index in [-0.39, 0.29) is 0 Å². The molecule has 0 amide bonds. The lowest BCUT2D eigenvalue weighted by Gasteiger charge is -2.13. The minimum Gasteiger partial charge on any atom is -0.497 e. The van der Waals surface area contributed by atoms with Gasteiger partial charge in [0, 0.05) is 16.4 Å². The summed E-state index contributed by atoms with van der Waals surface area (Å²) >= 11 is 11.1. The minimum absolute atomic E-state index is 0.467. The molecule has 4 nitrogen and oxygen atoms in total. The molecular formula is C17H18ClN3OS. The Morgan fingerprint density at radius 1 is 1.04 bits per heavy atom. The van der Waals surface area contributed by atoms with Crippen LogP contribution in [0.5, 0.6) is 5.75 Å². The molecule has 2 aromatic rings. The zero-order valence-electron chi connectivity index (χ0n) is 12.9. The van der Waals surface area contributed by atoms with E-state index >= 15 is 0 Å². The van der Waals surface area contributed by atoms with Crippen LogP contribution in [0, 0.1) is 0 Å². The highest BCUT2D eigenvalue weighted by Gasteiger charge is 1.98. The highest BCUT2D eigenvalue weighted by molar-refractivity contribution is 7.80. The van der Waals surface area contributed by atoms with Crippen LogP contribution in [0.2, 0.25) is 5.02 Å². The Labute approximate surface area is 146 Å². The summed E-state index contributed by atoms with van der Waals surface area (Å²) in [6, 6.07) is 15.1. The lowest BCUT2D eigenvalue weighted by atomic mass is 10.2. The summed E-state index contributed by atoms with van der Waals surface area (Å²) < 4.78 is 5.13. The van der Waals surface area contributed by atoms with Crippen LogP contribution in [0.15, 0.2) is 54.2 Å². The van der Waals surface area contributed by atoms with Crippen molar-refractivity contribution in [3.05, 3.63) is 64.8 Å². The Bertz CT molecular complexity index is 684. The van der Waals surface area contributed by atoms with E-state index in [9.17, 15) is 0 Å². The predicted molar refractivity (Wildman–Crippen MR) is 101 cm³/mol. The quantitative estimate of drug-likeness (QED) is 0.559. The maximum atomic E-state index is 5.84. The third-order valence-electron chi connectivity index (χ3n) is 2.97. The lowest BCUT2D eigenvalue weighted by Crippen LogP contribution is -2.38. The molecule has 0 aromatic heterocycles. The molecule has 0 aliphatic heterocycles. The first-order chi connectivity index (χ1) is 11.1. The normalized spacial score (nSPS) is 10.8. The number of nitrogens with one attached hydrogen (secondary N) is 3. The van der Waals surface area contributed by atoms with Crippen molar-refractivity contribution in [3.63, 3.8) is 0 Å². The van der Waals surface area contributed by atoms with E-state index in [4.69, 9.17) is 28.6 Å². The molecule has 0 radical (unpaired) electrons. The van der Waals surface area contributed by atoms with Crippen molar-refractivity contribution in [3.8, 4) is 5.75 Å². The molecule has 0 aliphatic rings. The van der Waals surface area contributed by atoms with E-state index in [1.54, 1.807) is 19.2 Å². The number of methoxy groups -OCH3 is 1. The summed E-state index contributed by atoms with van der Waals surface area (Å²) in [6.45, 7) is 1.95. The van der Waals surface area contributed by atoms with Crippen molar-refractivity contribution in [2.45, 2.75) is 6.92 Å². The molecule has 120 valence electrons. The number of hydrogen-bond acceptors (Lipinski definition) is 3. The van der Waals surface area contributed by atoms with Crippen LogP contribution in [0.1, 0.15) is 12.5 Å². The van der Waals surface area contributed by atoms with Crippen molar-refractivity contribution >= 4 is 40.7 Å². The molecule has 0 saturated carbocycles.